The van der Waals surface area contributed by atoms with Gasteiger partial charge in [0.2, 0.25) is 5.91 Å². The predicted octanol–water partition coefficient (Wildman–Crippen LogP) is 4.78. The Balaban J connectivity index is 1.67. The zero-order chi connectivity index (χ0) is 15.1. The number of carbonyl (C=O) groups is 1. The number of benzene rings is 1. The third-order valence-electron chi connectivity index (χ3n) is 4.74. The molecule has 1 amide bonds. The van der Waals surface area contributed by atoms with Crippen molar-refractivity contribution in [2.75, 3.05) is 0 Å². The molecular formula is C19H29NO. The lowest BCUT2D eigenvalue weighted by molar-refractivity contribution is -0.156. The Morgan fingerprint density at radius 3 is 2.33 bits per heavy atom. The average Bonchev–Trinajstić information content (AvgIpc) is 2.52. The molecule has 2 rings (SSSR count). The highest BCUT2D eigenvalue weighted by Crippen LogP contribution is 2.32. The van der Waals surface area contributed by atoms with Crippen LogP contribution in [0.1, 0.15) is 64.4 Å². The normalized spacial score (nSPS) is 21.4. The van der Waals surface area contributed by atoms with Crippen LogP contribution < -0.4 is 0 Å². The smallest absolute Gasteiger partial charge is 0.228 e. The van der Waals surface area contributed by atoms with E-state index in [9.17, 15) is 4.79 Å². The summed E-state index contributed by atoms with van der Waals surface area (Å²) in [5.41, 5.74) is 1.23. The van der Waals surface area contributed by atoms with Gasteiger partial charge in [0.05, 0.1) is 5.92 Å². The van der Waals surface area contributed by atoms with Crippen molar-refractivity contribution in [3.05, 3.63) is 35.9 Å². The summed E-state index contributed by atoms with van der Waals surface area (Å²) < 4.78 is 0. The van der Waals surface area contributed by atoms with E-state index in [2.05, 4.69) is 26.0 Å². The lowest BCUT2D eigenvalue weighted by Gasteiger charge is -2.46. The van der Waals surface area contributed by atoms with Crippen molar-refractivity contribution < 1.29 is 4.79 Å². The molecule has 0 radical (unpaired) electrons. The maximum atomic E-state index is 12.3. The van der Waals surface area contributed by atoms with E-state index in [4.69, 9.17) is 0 Å². The SMILES string of the molecule is CCCCCCCCC1C(=O)N(Cc2ccccc2)C1C. The van der Waals surface area contributed by atoms with Gasteiger partial charge in [-0.05, 0) is 18.9 Å². The zero-order valence-electron chi connectivity index (χ0n) is 13.6. The average molecular weight is 287 g/mol. The first-order valence-electron chi connectivity index (χ1n) is 8.58. The van der Waals surface area contributed by atoms with Crippen molar-refractivity contribution in [3.8, 4) is 0 Å². The van der Waals surface area contributed by atoms with Crippen molar-refractivity contribution in [3.63, 3.8) is 0 Å². The fraction of sp³-hybridized carbons (Fsp3) is 0.632. The van der Waals surface area contributed by atoms with Crippen LogP contribution in [0.5, 0.6) is 0 Å². The molecule has 1 fully saturated rings. The molecule has 1 aliphatic rings. The molecule has 2 atom stereocenters. The molecule has 0 saturated carbocycles. The summed E-state index contributed by atoms with van der Waals surface area (Å²) >= 11 is 0. The molecule has 0 N–H and O–H groups in total. The lowest BCUT2D eigenvalue weighted by atomic mass is 9.83. The molecule has 1 heterocycles. The van der Waals surface area contributed by atoms with E-state index in [1.165, 1.54) is 44.1 Å². The highest BCUT2D eigenvalue weighted by molar-refractivity contribution is 5.85. The summed E-state index contributed by atoms with van der Waals surface area (Å²) in [4.78, 5) is 14.3. The van der Waals surface area contributed by atoms with Crippen LogP contribution in [-0.2, 0) is 11.3 Å². The Hall–Kier alpha value is -1.31. The number of amides is 1. The van der Waals surface area contributed by atoms with E-state index in [1.54, 1.807) is 0 Å². The quantitative estimate of drug-likeness (QED) is 0.472. The standard InChI is InChI=1S/C19H29NO/c1-3-4-5-6-7-11-14-18-16(2)20(19(18)21)15-17-12-9-8-10-13-17/h8-10,12-13,16,18H,3-7,11,14-15H2,1-2H3. The Kier molecular flexibility index (Phi) is 6.28. The van der Waals surface area contributed by atoms with Crippen LogP contribution in [0.15, 0.2) is 30.3 Å². The van der Waals surface area contributed by atoms with Gasteiger partial charge in [0, 0.05) is 12.6 Å². The minimum atomic E-state index is 0.278. The molecule has 0 aromatic heterocycles. The summed E-state index contributed by atoms with van der Waals surface area (Å²) in [6.45, 7) is 5.22. The second kappa shape index (κ2) is 8.21. The highest BCUT2D eigenvalue weighted by Gasteiger charge is 2.43. The van der Waals surface area contributed by atoms with E-state index >= 15 is 0 Å². The van der Waals surface area contributed by atoms with Crippen LogP contribution in [0.25, 0.3) is 0 Å². The van der Waals surface area contributed by atoms with Gasteiger partial charge in [0.15, 0.2) is 0 Å². The van der Waals surface area contributed by atoms with Crippen molar-refractivity contribution in [1.29, 1.82) is 0 Å². The van der Waals surface area contributed by atoms with Gasteiger partial charge in [-0.3, -0.25) is 4.79 Å². The maximum Gasteiger partial charge on any atom is 0.228 e. The minimum absolute atomic E-state index is 0.278. The van der Waals surface area contributed by atoms with Crippen molar-refractivity contribution in [1.82, 2.24) is 4.90 Å². The Labute approximate surface area is 129 Å². The summed E-state index contributed by atoms with van der Waals surface area (Å²) in [5, 5.41) is 0. The first-order valence-corrected chi connectivity index (χ1v) is 8.58. The third-order valence-corrected chi connectivity index (χ3v) is 4.74. The molecule has 116 valence electrons. The monoisotopic (exact) mass is 287 g/mol. The van der Waals surface area contributed by atoms with Gasteiger partial charge in [-0.1, -0.05) is 75.8 Å². The van der Waals surface area contributed by atoms with Gasteiger partial charge in [0.1, 0.15) is 0 Å². The lowest BCUT2D eigenvalue weighted by Crippen LogP contribution is -2.58. The topological polar surface area (TPSA) is 20.3 Å². The molecule has 2 nitrogen and oxygen atoms in total. The van der Waals surface area contributed by atoms with Crippen LogP contribution in [-0.4, -0.2) is 16.8 Å². The van der Waals surface area contributed by atoms with E-state index in [0.717, 1.165) is 13.0 Å². The molecular weight excluding hydrogens is 258 g/mol. The molecule has 1 saturated heterocycles. The molecule has 2 unspecified atom stereocenters. The molecule has 1 aromatic rings. The van der Waals surface area contributed by atoms with Crippen LogP contribution in [0, 0.1) is 5.92 Å². The molecule has 21 heavy (non-hydrogen) atoms. The molecule has 1 aliphatic heterocycles. The van der Waals surface area contributed by atoms with Gasteiger partial charge in [0.25, 0.3) is 0 Å². The molecule has 0 aliphatic carbocycles. The van der Waals surface area contributed by atoms with Crippen LogP contribution in [0.2, 0.25) is 0 Å². The van der Waals surface area contributed by atoms with Crippen LogP contribution in [0.4, 0.5) is 0 Å². The summed E-state index contributed by atoms with van der Waals surface area (Å²) in [7, 11) is 0. The summed E-state index contributed by atoms with van der Waals surface area (Å²) in [5.74, 6) is 0.639. The van der Waals surface area contributed by atoms with Gasteiger partial charge in [-0.25, -0.2) is 0 Å². The largest absolute Gasteiger partial charge is 0.335 e. The highest BCUT2D eigenvalue weighted by atomic mass is 16.2. The molecule has 1 aromatic carbocycles. The first kappa shape index (κ1) is 16.1. The first-order chi connectivity index (χ1) is 10.2. The Bertz CT molecular complexity index is 428. The number of hydrogen-bond acceptors (Lipinski definition) is 1. The van der Waals surface area contributed by atoms with Crippen LogP contribution >= 0.6 is 0 Å². The number of carbonyl (C=O) groups excluding carboxylic acids is 1. The van der Waals surface area contributed by atoms with E-state index in [0.29, 0.717) is 11.9 Å². The van der Waals surface area contributed by atoms with Gasteiger partial charge < -0.3 is 4.90 Å². The fourth-order valence-corrected chi connectivity index (χ4v) is 3.27. The van der Waals surface area contributed by atoms with Crippen molar-refractivity contribution in [2.45, 2.75) is 71.4 Å². The minimum Gasteiger partial charge on any atom is -0.335 e. The van der Waals surface area contributed by atoms with E-state index in [-0.39, 0.29) is 5.92 Å². The third kappa shape index (κ3) is 4.33. The predicted molar refractivity (Wildman–Crippen MR) is 87.9 cm³/mol. The number of unbranched alkanes of at least 4 members (excludes halogenated alkanes) is 5. The molecule has 2 heteroatoms. The van der Waals surface area contributed by atoms with Crippen molar-refractivity contribution in [2.24, 2.45) is 5.92 Å². The van der Waals surface area contributed by atoms with Crippen molar-refractivity contribution >= 4 is 5.91 Å². The van der Waals surface area contributed by atoms with Crippen LogP contribution in [0.3, 0.4) is 0 Å². The number of β-lactam (4-membered cyclic amide) rings is 1. The second-order valence-corrected chi connectivity index (χ2v) is 6.36. The Morgan fingerprint density at radius 1 is 1.00 bits per heavy atom. The van der Waals surface area contributed by atoms with Gasteiger partial charge >= 0.3 is 0 Å². The van der Waals surface area contributed by atoms with Gasteiger partial charge in [-0.2, -0.15) is 0 Å². The second-order valence-electron chi connectivity index (χ2n) is 6.36. The Morgan fingerprint density at radius 2 is 1.67 bits per heavy atom. The fourth-order valence-electron chi connectivity index (χ4n) is 3.27. The number of hydrogen-bond donors (Lipinski definition) is 0. The van der Waals surface area contributed by atoms with Gasteiger partial charge in [-0.15, -0.1) is 0 Å². The van der Waals surface area contributed by atoms with E-state index < -0.39 is 0 Å². The number of likely N-dealkylation sites (tertiary alicyclic amines) is 1. The number of nitrogens with zero attached hydrogens (tertiary/aromatic N) is 1. The number of rotatable bonds is 9. The van der Waals surface area contributed by atoms with E-state index in [1.807, 2.05) is 23.1 Å². The molecule has 0 spiro atoms. The maximum absolute atomic E-state index is 12.3. The zero-order valence-corrected chi connectivity index (χ0v) is 13.6. The summed E-state index contributed by atoms with van der Waals surface area (Å²) in [6.07, 6.45) is 8.91. The summed E-state index contributed by atoms with van der Waals surface area (Å²) in [6, 6.07) is 10.7. The molecule has 0 bridgehead atoms.